The lowest BCUT2D eigenvalue weighted by atomic mass is 10.1. The SMILES string of the molecule is C=CC1CC1(NC(=O)C1CC(Oc2ccnc3cc(OC)ccc23)CN1)C(=O)NS(=O)(=O)C1CC1. The zero-order valence-electron chi connectivity index (χ0n) is 19.3. The molecule has 0 radical (unpaired) electrons. The number of hydrogen-bond acceptors (Lipinski definition) is 8. The zero-order chi connectivity index (χ0) is 24.8. The van der Waals surface area contributed by atoms with E-state index in [2.05, 4.69) is 26.9 Å². The van der Waals surface area contributed by atoms with Gasteiger partial charge in [-0.1, -0.05) is 6.08 Å². The van der Waals surface area contributed by atoms with Crippen molar-refractivity contribution in [1.29, 1.82) is 0 Å². The van der Waals surface area contributed by atoms with Crippen molar-refractivity contribution in [1.82, 2.24) is 20.3 Å². The Morgan fingerprint density at radius 2 is 2.09 bits per heavy atom. The van der Waals surface area contributed by atoms with Crippen LogP contribution in [-0.4, -0.2) is 61.8 Å². The summed E-state index contributed by atoms with van der Waals surface area (Å²) in [5, 5.41) is 6.24. The molecule has 1 saturated heterocycles. The molecule has 3 aliphatic rings. The summed E-state index contributed by atoms with van der Waals surface area (Å²) in [5.74, 6) is -0.0480. The molecule has 4 unspecified atom stereocenters. The molecular weight excluding hydrogens is 472 g/mol. The number of amides is 2. The minimum absolute atomic E-state index is 0.270. The Bertz CT molecular complexity index is 1290. The fraction of sp³-hybridized carbons (Fsp3) is 0.458. The second-order valence-electron chi connectivity index (χ2n) is 9.31. The first-order chi connectivity index (χ1) is 16.8. The van der Waals surface area contributed by atoms with Crippen molar-refractivity contribution in [3.8, 4) is 11.5 Å². The van der Waals surface area contributed by atoms with Gasteiger partial charge in [0.2, 0.25) is 15.9 Å². The van der Waals surface area contributed by atoms with Crippen molar-refractivity contribution in [2.45, 2.75) is 48.6 Å². The average Bonchev–Trinajstić information content (AvgIpc) is 3.76. The van der Waals surface area contributed by atoms with Gasteiger partial charge in [-0.3, -0.25) is 19.3 Å². The Morgan fingerprint density at radius 3 is 2.77 bits per heavy atom. The molecule has 2 heterocycles. The van der Waals surface area contributed by atoms with E-state index in [4.69, 9.17) is 9.47 Å². The number of carbonyl (C=O) groups is 2. The third-order valence-corrected chi connectivity index (χ3v) is 8.68. The quantitative estimate of drug-likeness (QED) is 0.435. The van der Waals surface area contributed by atoms with Crippen LogP contribution in [-0.2, 0) is 19.6 Å². The monoisotopic (exact) mass is 500 g/mol. The topological polar surface area (TPSA) is 136 Å². The van der Waals surface area contributed by atoms with Crippen LogP contribution in [0.2, 0.25) is 0 Å². The van der Waals surface area contributed by atoms with Gasteiger partial charge in [0.05, 0.1) is 23.9 Å². The highest BCUT2D eigenvalue weighted by Gasteiger charge is 2.61. The Kier molecular flexibility index (Phi) is 5.92. The lowest BCUT2D eigenvalue weighted by molar-refractivity contribution is -0.130. The van der Waals surface area contributed by atoms with Crippen LogP contribution in [0.5, 0.6) is 11.5 Å². The first-order valence-corrected chi connectivity index (χ1v) is 13.1. The molecule has 3 fully saturated rings. The van der Waals surface area contributed by atoms with Gasteiger partial charge in [0, 0.05) is 36.5 Å². The molecule has 2 amide bonds. The Hall–Kier alpha value is -3.18. The van der Waals surface area contributed by atoms with Crippen LogP contribution in [0.1, 0.15) is 25.7 Å². The number of sulfonamides is 1. The standard InChI is InChI=1S/C24H28N4O6S/c1-3-14-12-24(14,23(30)28-35(31,32)17-5-6-17)27-22(29)20-11-16(13-26-20)34-21-8-9-25-19-10-15(33-2)4-7-18(19)21/h3-4,7-10,14,16-17,20,26H,1,5-6,11-13H2,2H3,(H,27,29)(H,28,30). The number of benzene rings is 1. The number of fused-ring (bicyclic) bond motifs is 1. The largest absolute Gasteiger partial charge is 0.497 e. The van der Waals surface area contributed by atoms with E-state index in [0.29, 0.717) is 43.7 Å². The first-order valence-electron chi connectivity index (χ1n) is 11.6. The Labute approximate surface area is 203 Å². The van der Waals surface area contributed by atoms with Crippen LogP contribution in [0.25, 0.3) is 10.9 Å². The summed E-state index contributed by atoms with van der Waals surface area (Å²) in [6.45, 7) is 4.16. The maximum atomic E-state index is 13.0. The van der Waals surface area contributed by atoms with E-state index in [0.717, 1.165) is 10.9 Å². The fourth-order valence-corrected chi connectivity index (χ4v) is 5.89. The van der Waals surface area contributed by atoms with Gasteiger partial charge in [0.25, 0.3) is 5.91 Å². The first kappa shape index (κ1) is 23.6. The van der Waals surface area contributed by atoms with Gasteiger partial charge in [-0.25, -0.2) is 8.42 Å². The molecule has 5 rings (SSSR count). The van der Waals surface area contributed by atoms with Crippen LogP contribution in [0, 0.1) is 5.92 Å². The van der Waals surface area contributed by atoms with Crippen LogP contribution >= 0.6 is 0 Å². The molecule has 4 atom stereocenters. The molecule has 2 aromatic rings. The van der Waals surface area contributed by atoms with Gasteiger partial charge in [-0.05, 0) is 37.5 Å². The zero-order valence-corrected chi connectivity index (χ0v) is 20.1. The summed E-state index contributed by atoms with van der Waals surface area (Å²) in [6, 6.07) is 6.73. The van der Waals surface area contributed by atoms with E-state index in [-0.39, 0.29) is 17.9 Å². The van der Waals surface area contributed by atoms with E-state index in [1.54, 1.807) is 25.4 Å². The summed E-state index contributed by atoms with van der Waals surface area (Å²) >= 11 is 0. The summed E-state index contributed by atoms with van der Waals surface area (Å²) in [7, 11) is -2.12. The van der Waals surface area contributed by atoms with Gasteiger partial charge in [-0.15, -0.1) is 6.58 Å². The molecular formula is C24H28N4O6S. The predicted molar refractivity (Wildman–Crippen MR) is 128 cm³/mol. The summed E-state index contributed by atoms with van der Waals surface area (Å²) in [4.78, 5) is 30.3. The highest BCUT2D eigenvalue weighted by Crippen LogP contribution is 2.45. The Balaban J connectivity index is 1.23. The van der Waals surface area contributed by atoms with E-state index < -0.39 is 32.8 Å². The minimum atomic E-state index is -3.72. The van der Waals surface area contributed by atoms with Crippen molar-refractivity contribution in [2.24, 2.45) is 5.92 Å². The molecule has 11 heteroatoms. The number of nitrogens with one attached hydrogen (secondary N) is 3. The fourth-order valence-electron chi connectivity index (χ4n) is 4.53. The van der Waals surface area contributed by atoms with Crippen molar-refractivity contribution >= 4 is 32.7 Å². The Morgan fingerprint density at radius 1 is 1.29 bits per heavy atom. The molecule has 35 heavy (non-hydrogen) atoms. The smallest absolute Gasteiger partial charge is 0.259 e. The maximum Gasteiger partial charge on any atom is 0.259 e. The number of pyridine rings is 1. The van der Waals surface area contributed by atoms with Gasteiger partial charge < -0.3 is 20.1 Å². The lowest BCUT2D eigenvalue weighted by Gasteiger charge is -2.21. The maximum absolute atomic E-state index is 13.0. The number of aromatic nitrogens is 1. The minimum Gasteiger partial charge on any atom is -0.497 e. The summed E-state index contributed by atoms with van der Waals surface area (Å²) < 4.78 is 38.1. The van der Waals surface area contributed by atoms with Gasteiger partial charge in [-0.2, -0.15) is 0 Å². The molecule has 2 saturated carbocycles. The number of ether oxygens (including phenoxy) is 2. The van der Waals surface area contributed by atoms with Crippen molar-refractivity contribution in [3.05, 3.63) is 43.1 Å². The van der Waals surface area contributed by atoms with Gasteiger partial charge in [0.15, 0.2) is 0 Å². The van der Waals surface area contributed by atoms with E-state index in [1.165, 1.54) is 0 Å². The predicted octanol–water partition coefficient (Wildman–Crippen LogP) is 1.02. The van der Waals surface area contributed by atoms with Crippen molar-refractivity contribution in [2.75, 3.05) is 13.7 Å². The number of rotatable bonds is 9. The van der Waals surface area contributed by atoms with Crippen LogP contribution in [0.15, 0.2) is 43.1 Å². The van der Waals surface area contributed by atoms with Crippen molar-refractivity contribution < 1.29 is 27.5 Å². The molecule has 0 spiro atoms. The van der Waals surface area contributed by atoms with Gasteiger partial charge >= 0.3 is 0 Å². The number of methoxy groups -OCH3 is 1. The summed E-state index contributed by atoms with van der Waals surface area (Å²) in [6.07, 6.45) is 4.75. The van der Waals surface area contributed by atoms with Crippen LogP contribution in [0.3, 0.4) is 0 Å². The highest BCUT2D eigenvalue weighted by atomic mass is 32.2. The molecule has 1 aromatic carbocycles. The molecule has 10 nitrogen and oxygen atoms in total. The van der Waals surface area contributed by atoms with Gasteiger partial charge in [0.1, 0.15) is 23.1 Å². The molecule has 2 aliphatic carbocycles. The van der Waals surface area contributed by atoms with E-state index >= 15 is 0 Å². The number of hydrogen-bond donors (Lipinski definition) is 3. The van der Waals surface area contributed by atoms with Crippen LogP contribution < -0.4 is 24.8 Å². The second kappa shape index (κ2) is 8.80. The number of carbonyl (C=O) groups excluding carboxylic acids is 2. The van der Waals surface area contributed by atoms with Crippen molar-refractivity contribution in [3.63, 3.8) is 0 Å². The molecule has 3 N–H and O–H groups in total. The van der Waals surface area contributed by atoms with E-state index in [9.17, 15) is 18.0 Å². The third kappa shape index (κ3) is 4.57. The molecule has 1 aliphatic heterocycles. The lowest BCUT2D eigenvalue weighted by Crippen LogP contribution is -2.55. The number of nitrogens with zero attached hydrogens (tertiary/aromatic N) is 1. The average molecular weight is 501 g/mol. The normalized spacial score (nSPS) is 27.7. The molecule has 1 aromatic heterocycles. The summed E-state index contributed by atoms with van der Waals surface area (Å²) in [5.41, 5.74) is -0.553. The molecule has 0 bridgehead atoms. The van der Waals surface area contributed by atoms with Crippen LogP contribution in [0.4, 0.5) is 0 Å². The molecule has 186 valence electrons. The second-order valence-corrected chi connectivity index (χ2v) is 11.3. The third-order valence-electron chi connectivity index (χ3n) is 6.86. The van der Waals surface area contributed by atoms with E-state index in [1.807, 2.05) is 18.2 Å². The highest BCUT2D eigenvalue weighted by molar-refractivity contribution is 7.91.